The summed E-state index contributed by atoms with van der Waals surface area (Å²) in [5, 5.41) is 1.26. The van der Waals surface area contributed by atoms with Crippen LogP contribution in [0.5, 0.6) is 0 Å². The van der Waals surface area contributed by atoms with Gasteiger partial charge in [-0.1, -0.05) is 11.6 Å². The van der Waals surface area contributed by atoms with Gasteiger partial charge in [0.1, 0.15) is 22.3 Å². The molecular weight excluding hydrogens is 250 g/mol. The number of anilines is 1. The standard InChI is InChI=1S/C8H6ClN5OS/c9-4-1-7(12-3-11-4)16-8-13-5(10)2-6(15)14-8/h1-3H,(H3,10,13,14,15). The van der Waals surface area contributed by atoms with E-state index in [2.05, 4.69) is 19.9 Å². The topological polar surface area (TPSA) is 97.6 Å². The third kappa shape index (κ3) is 2.71. The Morgan fingerprint density at radius 3 is 2.88 bits per heavy atom. The summed E-state index contributed by atoms with van der Waals surface area (Å²) in [5.74, 6) is 0.159. The minimum absolute atomic E-state index is 0.159. The fourth-order valence-corrected chi connectivity index (χ4v) is 1.96. The SMILES string of the molecule is Nc1cc(=O)[nH]c(Sc2cc(Cl)ncn2)n1. The molecule has 0 unspecified atom stereocenters. The Balaban J connectivity index is 2.30. The van der Waals surface area contributed by atoms with Gasteiger partial charge in [-0.2, -0.15) is 0 Å². The second-order valence-electron chi connectivity index (χ2n) is 2.76. The number of nitrogen functional groups attached to an aromatic ring is 1. The van der Waals surface area contributed by atoms with Crippen molar-refractivity contribution >= 4 is 29.2 Å². The van der Waals surface area contributed by atoms with Gasteiger partial charge in [0, 0.05) is 12.1 Å². The zero-order chi connectivity index (χ0) is 11.5. The highest BCUT2D eigenvalue weighted by Crippen LogP contribution is 2.22. The van der Waals surface area contributed by atoms with Crippen LogP contribution < -0.4 is 11.3 Å². The van der Waals surface area contributed by atoms with Crippen LogP contribution in [0.3, 0.4) is 0 Å². The highest BCUT2D eigenvalue weighted by atomic mass is 35.5. The van der Waals surface area contributed by atoms with Crippen LogP contribution in [0.25, 0.3) is 0 Å². The first-order chi connectivity index (χ1) is 7.63. The van der Waals surface area contributed by atoms with Gasteiger partial charge in [-0.15, -0.1) is 0 Å². The van der Waals surface area contributed by atoms with Crippen molar-refractivity contribution in [3.63, 3.8) is 0 Å². The summed E-state index contributed by atoms with van der Waals surface area (Å²) in [5.41, 5.74) is 5.13. The van der Waals surface area contributed by atoms with Crippen LogP contribution in [-0.2, 0) is 0 Å². The van der Waals surface area contributed by atoms with E-state index in [0.29, 0.717) is 15.3 Å². The smallest absolute Gasteiger partial charge is 0.253 e. The van der Waals surface area contributed by atoms with Gasteiger partial charge in [-0.25, -0.2) is 15.0 Å². The van der Waals surface area contributed by atoms with Gasteiger partial charge in [-0.05, 0) is 11.8 Å². The molecule has 16 heavy (non-hydrogen) atoms. The molecule has 6 nitrogen and oxygen atoms in total. The molecule has 2 aromatic heterocycles. The lowest BCUT2D eigenvalue weighted by Crippen LogP contribution is -2.09. The van der Waals surface area contributed by atoms with E-state index in [1.165, 1.54) is 12.4 Å². The average Bonchev–Trinajstić information content (AvgIpc) is 2.15. The summed E-state index contributed by atoms with van der Waals surface area (Å²) >= 11 is 6.84. The molecule has 0 aliphatic rings. The molecule has 0 amide bonds. The molecule has 0 aromatic carbocycles. The Kier molecular flexibility index (Phi) is 3.07. The van der Waals surface area contributed by atoms with Crippen LogP contribution in [0.15, 0.2) is 33.4 Å². The molecule has 3 N–H and O–H groups in total. The Labute approximate surface area is 99.3 Å². The van der Waals surface area contributed by atoms with Crippen LogP contribution in [-0.4, -0.2) is 19.9 Å². The maximum absolute atomic E-state index is 11.1. The first-order valence-electron chi connectivity index (χ1n) is 4.16. The van der Waals surface area contributed by atoms with Gasteiger partial charge < -0.3 is 10.7 Å². The summed E-state index contributed by atoms with van der Waals surface area (Å²) in [6.07, 6.45) is 1.33. The molecule has 2 rings (SSSR count). The summed E-state index contributed by atoms with van der Waals surface area (Å²) < 4.78 is 0. The second kappa shape index (κ2) is 4.50. The van der Waals surface area contributed by atoms with Gasteiger partial charge in [0.05, 0.1) is 0 Å². The Morgan fingerprint density at radius 1 is 1.38 bits per heavy atom. The summed E-state index contributed by atoms with van der Waals surface area (Å²) in [7, 11) is 0. The highest BCUT2D eigenvalue weighted by molar-refractivity contribution is 7.99. The molecule has 0 spiro atoms. The molecule has 2 heterocycles. The van der Waals surface area contributed by atoms with Crippen LogP contribution in [0.1, 0.15) is 0 Å². The van der Waals surface area contributed by atoms with Crippen molar-refractivity contribution in [1.82, 2.24) is 19.9 Å². The number of aromatic nitrogens is 4. The van der Waals surface area contributed by atoms with E-state index in [-0.39, 0.29) is 11.4 Å². The number of hydrogen-bond donors (Lipinski definition) is 2. The van der Waals surface area contributed by atoms with Gasteiger partial charge >= 0.3 is 0 Å². The Morgan fingerprint density at radius 2 is 2.19 bits per heavy atom. The molecular formula is C8H6ClN5OS. The van der Waals surface area contributed by atoms with Crippen molar-refractivity contribution in [3.8, 4) is 0 Å². The normalized spacial score (nSPS) is 10.3. The van der Waals surface area contributed by atoms with E-state index in [1.54, 1.807) is 6.07 Å². The number of nitrogens with one attached hydrogen (secondary N) is 1. The van der Waals surface area contributed by atoms with Crippen molar-refractivity contribution in [2.45, 2.75) is 10.2 Å². The minimum atomic E-state index is -0.310. The quantitative estimate of drug-likeness (QED) is 0.612. The van der Waals surface area contributed by atoms with Crippen molar-refractivity contribution in [1.29, 1.82) is 0 Å². The second-order valence-corrected chi connectivity index (χ2v) is 4.15. The van der Waals surface area contributed by atoms with Crippen molar-refractivity contribution in [2.75, 3.05) is 5.73 Å². The number of nitrogens with zero attached hydrogens (tertiary/aromatic N) is 3. The molecule has 0 bridgehead atoms. The highest BCUT2D eigenvalue weighted by Gasteiger charge is 2.03. The lowest BCUT2D eigenvalue weighted by molar-refractivity contribution is 0.937. The van der Waals surface area contributed by atoms with Crippen LogP contribution in [0, 0.1) is 0 Å². The molecule has 0 atom stereocenters. The van der Waals surface area contributed by atoms with E-state index in [4.69, 9.17) is 17.3 Å². The maximum Gasteiger partial charge on any atom is 0.253 e. The predicted octanol–water partition coefficient (Wildman–Crippen LogP) is 0.947. The molecule has 0 aliphatic carbocycles. The molecule has 0 fully saturated rings. The van der Waals surface area contributed by atoms with Gasteiger partial charge in [0.15, 0.2) is 5.16 Å². The number of H-pyrrole nitrogens is 1. The lowest BCUT2D eigenvalue weighted by atomic mass is 10.6. The predicted molar refractivity (Wildman–Crippen MR) is 60.4 cm³/mol. The summed E-state index contributed by atoms with van der Waals surface area (Å²) in [6.45, 7) is 0. The number of nitrogens with two attached hydrogens (primary N) is 1. The van der Waals surface area contributed by atoms with E-state index in [1.807, 2.05) is 0 Å². The molecule has 8 heteroatoms. The van der Waals surface area contributed by atoms with Gasteiger partial charge in [0.2, 0.25) is 0 Å². The van der Waals surface area contributed by atoms with Gasteiger partial charge in [-0.3, -0.25) is 4.79 Å². The fourth-order valence-electron chi connectivity index (χ4n) is 0.974. The minimum Gasteiger partial charge on any atom is -0.383 e. The van der Waals surface area contributed by atoms with Crippen molar-refractivity contribution in [3.05, 3.63) is 34.0 Å². The molecule has 0 saturated carbocycles. The monoisotopic (exact) mass is 255 g/mol. The number of halogens is 1. The first-order valence-corrected chi connectivity index (χ1v) is 5.35. The lowest BCUT2D eigenvalue weighted by Gasteiger charge is -2.00. The number of hydrogen-bond acceptors (Lipinski definition) is 6. The largest absolute Gasteiger partial charge is 0.383 e. The van der Waals surface area contributed by atoms with Crippen molar-refractivity contribution in [2.24, 2.45) is 0 Å². The molecule has 0 radical (unpaired) electrons. The van der Waals surface area contributed by atoms with Crippen LogP contribution in [0.2, 0.25) is 5.15 Å². The average molecular weight is 256 g/mol. The number of rotatable bonds is 2. The third-order valence-corrected chi connectivity index (χ3v) is 2.58. The zero-order valence-corrected chi connectivity index (χ0v) is 9.42. The van der Waals surface area contributed by atoms with Crippen LogP contribution >= 0.6 is 23.4 Å². The maximum atomic E-state index is 11.1. The van der Waals surface area contributed by atoms with E-state index in [0.717, 1.165) is 11.8 Å². The number of aromatic amines is 1. The fraction of sp³-hybridized carbons (Fsp3) is 0. The summed E-state index contributed by atoms with van der Waals surface area (Å²) in [4.78, 5) is 25.3. The van der Waals surface area contributed by atoms with Crippen LogP contribution in [0.4, 0.5) is 5.82 Å². The van der Waals surface area contributed by atoms with E-state index in [9.17, 15) is 4.79 Å². The summed E-state index contributed by atoms with van der Waals surface area (Å²) in [6, 6.07) is 2.77. The first kappa shape index (κ1) is 10.9. The molecule has 0 aliphatic heterocycles. The van der Waals surface area contributed by atoms with E-state index >= 15 is 0 Å². The zero-order valence-electron chi connectivity index (χ0n) is 7.85. The van der Waals surface area contributed by atoms with E-state index < -0.39 is 0 Å². The third-order valence-electron chi connectivity index (χ3n) is 1.55. The molecule has 82 valence electrons. The van der Waals surface area contributed by atoms with Crippen molar-refractivity contribution < 1.29 is 0 Å². The Hall–Kier alpha value is -1.60. The Bertz CT molecular complexity index is 572. The molecule has 0 saturated heterocycles. The molecule has 2 aromatic rings. The van der Waals surface area contributed by atoms with Gasteiger partial charge in [0.25, 0.3) is 5.56 Å².